The van der Waals surface area contributed by atoms with E-state index in [9.17, 15) is 13.2 Å². The van der Waals surface area contributed by atoms with Crippen LogP contribution >= 0.6 is 0 Å². The third-order valence-corrected chi connectivity index (χ3v) is 5.95. The maximum absolute atomic E-state index is 13.7. The highest BCUT2D eigenvalue weighted by Crippen LogP contribution is 2.22. The summed E-state index contributed by atoms with van der Waals surface area (Å²) in [5.41, 5.74) is 3.02. The van der Waals surface area contributed by atoms with Crippen LogP contribution in [0.3, 0.4) is 0 Å². The van der Waals surface area contributed by atoms with Crippen LogP contribution in [0.1, 0.15) is 50.8 Å². The number of unbranched alkanes of at least 4 members (excludes halogenated alkanes) is 1. The Morgan fingerprint density at radius 1 is 1.09 bits per heavy atom. The minimum absolute atomic E-state index is 0.190. The highest BCUT2D eigenvalue weighted by atomic mass is 19.3. The zero-order chi connectivity index (χ0) is 24.3. The Kier molecular flexibility index (Phi) is 10.0. The lowest BCUT2D eigenvalue weighted by molar-refractivity contribution is -0.0498. The van der Waals surface area contributed by atoms with Gasteiger partial charge in [0, 0.05) is 18.7 Å². The second-order valence-corrected chi connectivity index (χ2v) is 8.72. The molecule has 1 N–H and O–H groups in total. The first kappa shape index (κ1) is 25.8. The summed E-state index contributed by atoms with van der Waals surface area (Å²) in [5.74, 6) is 1.27. The minimum atomic E-state index is -2.79. The van der Waals surface area contributed by atoms with E-state index in [1.807, 2.05) is 24.4 Å². The smallest absolute Gasteiger partial charge is 0.387 e. The summed E-state index contributed by atoms with van der Waals surface area (Å²) in [6, 6.07) is 13.5. The highest BCUT2D eigenvalue weighted by Gasteiger charge is 2.12. The molecular formula is C27H34F3N3O. The molecule has 0 amide bonds. The van der Waals surface area contributed by atoms with Gasteiger partial charge >= 0.3 is 6.61 Å². The van der Waals surface area contributed by atoms with Crippen LogP contribution in [0.25, 0.3) is 11.4 Å². The van der Waals surface area contributed by atoms with E-state index >= 15 is 0 Å². The van der Waals surface area contributed by atoms with Crippen molar-refractivity contribution in [1.29, 1.82) is 0 Å². The van der Waals surface area contributed by atoms with Crippen molar-refractivity contribution < 1.29 is 17.9 Å². The summed E-state index contributed by atoms with van der Waals surface area (Å²) in [6.45, 7) is 4.04. The first-order chi connectivity index (χ1) is 16.5. The van der Waals surface area contributed by atoms with Crippen LogP contribution in [-0.2, 0) is 19.5 Å². The molecule has 1 unspecified atom stereocenters. The second-order valence-electron chi connectivity index (χ2n) is 8.72. The van der Waals surface area contributed by atoms with Crippen molar-refractivity contribution in [1.82, 2.24) is 14.9 Å². The molecule has 34 heavy (non-hydrogen) atoms. The molecule has 0 fully saturated rings. The number of nitrogens with zero attached hydrogens (tertiary/aromatic N) is 2. The molecule has 0 saturated heterocycles. The molecule has 0 aliphatic carbocycles. The SMILES string of the molecule is CCCCn1c(CNCCC(C)CCc2ccc(OC(F)F)cc2)cnc1-c1cccc(F)c1. The Morgan fingerprint density at radius 3 is 2.59 bits per heavy atom. The first-order valence-corrected chi connectivity index (χ1v) is 12.0. The molecular weight excluding hydrogens is 439 g/mol. The molecule has 1 aromatic heterocycles. The van der Waals surface area contributed by atoms with Gasteiger partial charge in [-0.05, 0) is 68.0 Å². The Hall–Kier alpha value is -2.80. The highest BCUT2D eigenvalue weighted by molar-refractivity contribution is 5.56. The van der Waals surface area contributed by atoms with E-state index in [-0.39, 0.29) is 11.6 Å². The number of nitrogens with one attached hydrogen (secondary N) is 1. The van der Waals surface area contributed by atoms with Gasteiger partial charge in [-0.15, -0.1) is 0 Å². The summed E-state index contributed by atoms with van der Waals surface area (Å²) in [7, 11) is 0. The molecule has 184 valence electrons. The molecule has 4 nitrogen and oxygen atoms in total. The number of imidazole rings is 1. The average molecular weight is 474 g/mol. The van der Waals surface area contributed by atoms with Gasteiger partial charge in [0.15, 0.2) is 0 Å². The first-order valence-electron chi connectivity index (χ1n) is 12.0. The van der Waals surface area contributed by atoms with Crippen molar-refractivity contribution in [2.45, 2.75) is 65.7 Å². The number of aromatic nitrogens is 2. The molecule has 0 aliphatic rings. The Morgan fingerprint density at radius 2 is 1.88 bits per heavy atom. The summed E-state index contributed by atoms with van der Waals surface area (Å²) >= 11 is 0. The molecule has 1 heterocycles. The molecule has 0 bridgehead atoms. The largest absolute Gasteiger partial charge is 0.435 e. The zero-order valence-corrected chi connectivity index (χ0v) is 19.9. The van der Waals surface area contributed by atoms with Gasteiger partial charge in [0.2, 0.25) is 0 Å². The number of hydrogen-bond donors (Lipinski definition) is 1. The molecule has 3 aromatic rings. The van der Waals surface area contributed by atoms with E-state index in [4.69, 9.17) is 0 Å². The topological polar surface area (TPSA) is 39.1 Å². The van der Waals surface area contributed by atoms with Crippen LogP contribution in [0.15, 0.2) is 54.7 Å². The molecule has 7 heteroatoms. The van der Waals surface area contributed by atoms with Gasteiger partial charge in [-0.1, -0.05) is 44.5 Å². The number of benzene rings is 2. The average Bonchev–Trinajstić information content (AvgIpc) is 3.22. The zero-order valence-electron chi connectivity index (χ0n) is 19.9. The number of ether oxygens (including phenoxy) is 1. The lowest BCUT2D eigenvalue weighted by Gasteiger charge is -2.14. The van der Waals surface area contributed by atoms with E-state index < -0.39 is 6.61 Å². The second kappa shape index (κ2) is 13.2. The van der Waals surface area contributed by atoms with E-state index in [1.54, 1.807) is 18.2 Å². The van der Waals surface area contributed by atoms with Gasteiger partial charge in [-0.25, -0.2) is 9.37 Å². The molecule has 0 radical (unpaired) electrons. The van der Waals surface area contributed by atoms with Crippen LogP contribution in [0, 0.1) is 11.7 Å². The maximum atomic E-state index is 13.7. The number of halogens is 3. The summed E-state index contributed by atoms with van der Waals surface area (Å²) in [4.78, 5) is 4.58. The van der Waals surface area contributed by atoms with Gasteiger partial charge in [0.25, 0.3) is 0 Å². The monoisotopic (exact) mass is 473 g/mol. The van der Waals surface area contributed by atoms with E-state index in [0.717, 1.165) is 67.8 Å². The van der Waals surface area contributed by atoms with Crippen LogP contribution in [0.2, 0.25) is 0 Å². The normalized spacial score (nSPS) is 12.3. The maximum Gasteiger partial charge on any atom is 0.387 e. The van der Waals surface area contributed by atoms with Crippen molar-refractivity contribution >= 4 is 0 Å². The Bertz CT molecular complexity index is 1000. The van der Waals surface area contributed by atoms with Gasteiger partial charge in [0.05, 0.1) is 11.9 Å². The third kappa shape index (κ3) is 7.90. The van der Waals surface area contributed by atoms with Crippen molar-refractivity contribution in [3.8, 4) is 17.1 Å². The molecule has 0 saturated carbocycles. The number of rotatable bonds is 14. The standard InChI is InChI=1S/C27H34F3N3O/c1-3-4-16-33-24(19-32-26(33)22-6-5-7-23(28)17-22)18-31-15-14-20(2)8-9-21-10-12-25(13-11-21)34-27(29)30/h5-7,10-13,17,19-20,27,31H,3-4,8-9,14-16,18H2,1-2H3. The van der Waals surface area contributed by atoms with Gasteiger partial charge in [-0.3, -0.25) is 0 Å². The van der Waals surface area contributed by atoms with E-state index in [1.165, 1.54) is 12.1 Å². The van der Waals surface area contributed by atoms with Crippen molar-refractivity contribution in [2.24, 2.45) is 5.92 Å². The molecule has 0 spiro atoms. The van der Waals surface area contributed by atoms with Crippen molar-refractivity contribution in [2.75, 3.05) is 6.54 Å². The lowest BCUT2D eigenvalue weighted by atomic mass is 9.98. The number of alkyl halides is 2. The van der Waals surface area contributed by atoms with E-state index in [2.05, 4.69) is 33.5 Å². The summed E-state index contributed by atoms with van der Waals surface area (Å²) in [6.07, 6.45) is 6.96. The van der Waals surface area contributed by atoms with Gasteiger partial charge in [-0.2, -0.15) is 8.78 Å². The Labute approximate surface area is 200 Å². The van der Waals surface area contributed by atoms with E-state index in [0.29, 0.717) is 12.5 Å². The molecule has 3 rings (SSSR count). The predicted octanol–water partition coefficient (Wildman–Crippen LogP) is 6.84. The lowest BCUT2D eigenvalue weighted by Crippen LogP contribution is -2.19. The Balaban J connectivity index is 1.46. The number of hydrogen-bond acceptors (Lipinski definition) is 3. The van der Waals surface area contributed by atoms with Crippen LogP contribution in [0.5, 0.6) is 5.75 Å². The van der Waals surface area contributed by atoms with Gasteiger partial charge in [0.1, 0.15) is 17.4 Å². The molecule has 2 aromatic carbocycles. The molecule has 0 aliphatic heterocycles. The van der Waals surface area contributed by atoms with Crippen molar-refractivity contribution in [3.63, 3.8) is 0 Å². The fourth-order valence-electron chi connectivity index (χ4n) is 3.94. The van der Waals surface area contributed by atoms with Crippen molar-refractivity contribution in [3.05, 3.63) is 71.8 Å². The predicted molar refractivity (Wildman–Crippen MR) is 129 cm³/mol. The fraction of sp³-hybridized carbons (Fsp3) is 0.444. The fourth-order valence-corrected chi connectivity index (χ4v) is 3.94. The summed E-state index contributed by atoms with van der Waals surface area (Å²) in [5, 5.41) is 3.53. The van der Waals surface area contributed by atoms with Gasteiger partial charge < -0.3 is 14.6 Å². The van der Waals surface area contributed by atoms with Crippen LogP contribution in [-0.4, -0.2) is 22.7 Å². The minimum Gasteiger partial charge on any atom is -0.435 e. The van der Waals surface area contributed by atoms with Crippen LogP contribution < -0.4 is 10.1 Å². The quantitative estimate of drug-likeness (QED) is 0.261. The van der Waals surface area contributed by atoms with Crippen LogP contribution in [0.4, 0.5) is 13.2 Å². The molecule has 1 atom stereocenters. The number of aryl methyl sites for hydroxylation is 1. The summed E-state index contributed by atoms with van der Waals surface area (Å²) < 4.78 is 44.8. The third-order valence-electron chi connectivity index (χ3n) is 5.95.